The van der Waals surface area contributed by atoms with Crippen molar-refractivity contribution >= 4 is 22.0 Å². The zero-order valence-corrected chi connectivity index (χ0v) is 7.92. The molecule has 60 valence electrons. The predicted molar refractivity (Wildman–Crippen MR) is 41.2 cm³/mol. The van der Waals surface area contributed by atoms with Gasteiger partial charge in [-0.15, -0.1) is 0 Å². The number of rotatable bonds is 4. The third-order valence-corrected chi connectivity index (χ3v) is 1.77. The summed E-state index contributed by atoms with van der Waals surface area (Å²) in [6.45, 7) is 2.42. The molecule has 0 aliphatic heterocycles. The van der Waals surface area contributed by atoms with Crippen LogP contribution in [0, 0.1) is 0 Å². The van der Waals surface area contributed by atoms with Crippen molar-refractivity contribution in [2.45, 2.75) is 24.7 Å². The third kappa shape index (κ3) is 3.88. The van der Waals surface area contributed by atoms with E-state index in [4.69, 9.17) is 10.5 Å². The summed E-state index contributed by atoms with van der Waals surface area (Å²) < 4.78 is 4.77. The molecular weight excluding hydrogens is 197 g/mol. The molecule has 0 radical (unpaired) electrons. The molecule has 0 saturated carbocycles. The maximum atomic E-state index is 10.8. The predicted octanol–water partition coefficient (Wildman–Crippen LogP) is -0.414. The van der Waals surface area contributed by atoms with Gasteiger partial charge in [0.2, 0.25) is 0 Å². The number of esters is 1. The first-order valence-corrected chi connectivity index (χ1v) is 4.58. The summed E-state index contributed by atoms with van der Waals surface area (Å²) in [4.78, 5) is 10.8. The molecular formula is C6H13NO2Se. The Kier molecular flexibility index (Phi) is 5.68. The fraction of sp³-hybridized carbons (Fsp3) is 0.833. The Balaban J connectivity index is 3.42. The Morgan fingerprint density at radius 1 is 1.80 bits per heavy atom. The van der Waals surface area contributed by atoms with E-state index in [0.29, 0.717) is 11.9 Å². The molecule has 0 heterocycles. The molecule has 4 heteroatoms. The molecule has 1 atom stereocenters. The van der Waals surface area contributed by atoms with Gasteiger partial charge in [-0.2, -0.15) is 0 Å². The third-order valence-electron chi connectivity index (χ3n) is 0.948. The Morgan fingerprint density at radius 3 is 2.80 bits per heavy atom. The van der Waals surface area contributed by atoms with E-state index in [0.717, 1.165) is 6.42 Å². The Labute approximate surface area is 69.1 Å². The van der Waals surface area contributed by atoms with Gasteiger partial charge in [0.05, 0.1) is 0 Å². The van der Waals surface area contributed by atoms with E-state index in [1.165, 1.54) is 0 Å². The summed E-state index contributed by atoms with van der Waals surface area (Å²) in [5.41, 5.74) is 5.37. The fourth-order valence-electron chi connectivity index (χ4n) is 0.384. The van der Waals surface area contributed by atoms with Gasteiger partial charge in [-0.1, -0.05) is 0 Å². The van der Waals surface area contributed by atoms with Crippen LogP contribution in [0.5, 0.6) is 0 Å². The van der Waals surface area contributed by atoms with Gasteiger partial charge in [0.25, 0.3) is 0 Å². The molecule has 0 aliphatic rings. The molecule has 10 heavy (non-hydrogen) atoms. The Bertz CT molecular complexity index is 108. The van der Waals surface area contributed by atoms with E-state index >= 15 is 0 Å². The van der Waals surface area contributed by atoms with Gasteiger partial charge in [-0.3, -0.25) is 0 Å². The van der Waals surface area contributed by atoms with Crippen LogP contribution >= 0.6 is 0 Å². The first kappa shape index (κ1) is 9.95. The molecule has 2 N–H and O–H groups in total. The number of ether oxygens (including phenoxy) is 1. The van der Waals surface area contributed by atoms with Gasteiger partial charge in [-0.05, 0) is 0 Å². The van der Waals surface area contributed by atoms with Gasteiger partial charge in [0.15, 0.2) is 0 Å². The second-order valence-electron chi connectivity index (χ2n) is 1.96. The molecule has 0 fully saturated rings. The van der Waals surface area contributed by atoms with Gasteiger partial charge >= 0.3 is 68.6 Å². The zero-order valence-electron chi connectivity index (χ0n) is 6.04. The van der Waals surface area contributed by atoms with E-state index in [1.807, 2.05) is 6.92 Å². The van der Waals surface area contributed by atoms with Crippen LogP contribution in [0.2, 0.25) is 5.32 Å². The Hall–Kier alpha value is -0.0505. The van der Waals surface area contributed by atoms with Crippen molar-refractivity contribution in [1.29, 1.82) is 0 Å². The van der Waals surface area contributed by atoms with Crippen LogP contribution in [0.3, 0.4) is 0 Å². The fourth-order valence-corrected chi connectivity index (χ4v) is 0.697. The van der Waals surface area contributed by atoms with Crippen molar-refractivity contribution in [3.63, 3.8) is 0 Å². The van der Waals surface area contributed by atoms with Crippen molar-refractivity contribution in [3.8, 4) is 0 Å². The summed E-state index contributed by atoms with van der Waals surface area (Å²) in [5, 5.41) is 0.579. The van der Waals surface area contributed by atoms with E-state index < -0.39 is 6.04 Å². The molecule has 0 aromatic heterocycles. The second kappa shape index (κ2) is 5.71. The van der Waals surface area contributed by atoms with Crippen LogP contribution in [0.25, 0.3) is 0 Å². The number of hydrogen-bond acceptors (Lipinski definition) is 3. The average molecular weight is 210 g/mol. The van der Waals surface area contributed by atoms with E-state index in [-0.39, 0.29) is 5.97 Å². The minimum absolute atomic E-state index is 0.303. The van der Waals surface area contributed by atoms with Crippen molar-refractivity contribution in [2.24, 2.45) is 5.73 Å². The summed E-state index contributed by atoms with van der Waals surface area (Å²) >= 11 is 2.27. The van der Waals surface area contributed by atoms with Crippen LogP contribution in [0.4, 0.5) is 0 Å². The normalized spacial score (nSPS) is 12.7. The summed E-state index contributed by atoms with van der Waals surface area (Å²) in [6, 6.07) is -0.466. The molecule has 0 aliphatic carbocycles. The topological polar surface area (TPSA) is 52.3 Å². The molecule has 0 rings (SSSR count). The molecule has 0 amide bonds. The maximum absolute atomic E-state index is 10.8. The van der Waals surface area contributed by atoms with Gasteiger partial charge in [0, 0.05) is 0 Å². The molecule has 0 aromatic rings. The molecule has 0 saturated heterocycles. The number of carbonyl (C=O) groups is 1. The number of hydrogen-bond donors (Lipinski definition) is 1. The van der Waals surface area contributed by atoms with Crippen LogP contribution in [-0.2, 0) is 9.53 Å². The van der Waals surface area contributed by atoms with Crippen molar-refractivity contribution < 1.29 is 9.53 Å². The first-order valence-electron chi connectivity index (χ1n) is 3.25. The van der Waals surface area contributed by atoms with Crippen LogP contribution < -0.4 is 5.73 Å². The molecule has 3 nitrogen and oxygen atoms in total. The second-order valence-corrected chi connectivity index (χ2v) is 2.72. The first-order chi connectivity index (χ1) is 4.72. The SMILES string of the molecule is CCCOC(=O)[C@@H](N)C[SeH]. The van der Waals surface area contributed by atoms with Crippen LogP contribution in [0.1, 0.15) is 13.3 Å². The van der Waals surface area contributed by atoms with E-state index in [2.05, 4.69) is 16.0 Å². The van der Waals surface area contributed by atoms with Crippen LogP contribution in [-0.4, -0.2) is 34.6 Å². The standard InChI is InChI=1S/C6H13NO2Se/c1-2-3-9-6(8)5(7)4-10/h5,10H,2-4,7H2,1H3/t5-/m0/s1. The summed E-state index contributed by atoms with van der Waals surface area (Å²) in [7, 11) is 0. The summed E-state index contributed by atoms with van der Waals surface area (Å²) in [5.74, 6) is -0.303. The zero-order chi connectivity index (χ0) is 7.98. The van der Waals surface area contributed by atoms with Crippen molar-refractivity contribution in [3.05, 3.63) is 0 Å². The molecule has 0 bridgehead atoms. The molecule has 0 unspecified atom stereocenters. The Morgan fingerprint density at radius 2 is 2.40 bits per heavy atom. The van der Waals surface area contributed by atoms with Gasteiger partial charge < -0.3 is 0 Å². The minimum atomic E-state index is -0.466. The van der Waals surface area contributed by atoms with Crippen LogP contribution in [0.15, 0.2) is 0 Å². The average Bonchev–Trinajstić information content (AvgIpc) is 1.98. The molecule has 0 spiro atoms. The van der Waals surface area contributed by atoms with Gasteiger partial charge in [-0.25, -0.2) is 0 Å². The number of nitrogens with two attached hydrogens (primary N) is 1. The van der Waals surface area contributed by atoms with E-state index in [1.54, 1.807) is 0 Å². The van der Waals surface area contributed by atoms with Crippen molar-refractivity contribution in [2.75, 3.05) is 6.61 Å². The monoisotopic (exact) mass is 211 g/mol. The van der Waals surface area contributed by atoms with Gasteiger partial charge in [0.1, 0.15) is 0 Å². The number of carbonyl (C=O) groups excluding carboxylic acids is 1. The quantitative estimate of drug-likeness (QED) is 0.506. The summed E-state index contributed by atoms with van der Waals surface area (Å²) in [6.07, 6.45) is 0.844. The van der Waals surface area contributed by atoms with E-state index in [9.17, 15) is 4.79 Å². The van der Waals surface area contributed by atoms with Crippen molar-refractivity contribution in [1.82, 2.24) is 0 Å². The molecule has 0 aromatic carbocycles.